The lowest BCUT2D eigenvalue weighted by atomic mass is 9.86. The molecule has 0 bridgehead atoms. The standard InChI is InChI=1S/C32H26N4/c1-2-29-33-27-15-9-10-16-28(27)36(29)22-19-17-21(18-20-22)31-30-23-11-5-3-4-6-13-25(23)35-32(30)24-12-7-8-14-26(24)34-31/h3-4,6-10,12-20,23H,2,5,11H2,1H3/b4-3-,13-6-. The maximum Gasteiger partial charge on any atom is 0.114 e. The van der Waals surface area contributed by atoms with Gasteiger partial charge < -0.3 is 0 Å². The van der Waals surface area contributed by atoms with E-state index in [0.717, 1.165) is 75.4 Å². The zero-order chi connectivity index (χ0) is 24.1. The fraction of sp³-hybridized carbons (Fsp3) is 0.156. The number of hydrogen-bond donors (Lipinski definition) is 0. The molecule has 4 heteroatoms. The minimum Gasteiger partial charge on any atom is -0.296 e. The van der Waals surface area contributed by atoms with Gasteiger partial charge in [0.15, 0.2) is 0 Å². The molecule has 1 atom stereocenters. The van der Waals surface area contributed by atoms with Crippen LogP contribution in [0, 0.1) is 0 Å². The molecule has 3 aromatic carbocycles. The summed E-state index contributed by atoms with van der Waals surface area (Å²) in [6, 6.07) is 25.5. The quantitative estimate of drug-likeness (QED) is 0.271. The van der Waals surface area contributed by atoms with Gasteiger partial charge in [-0.1, -0.05) is 67.6 Å². The van der Waals surface area contributed by atoms with Gasteiger partial charge in [-0.25, -0.2) is 9.97 Å². The Kier molecular flexibility index (Phi) is 4.91. The molecule has 3 heterocycles. The molecule has 0 fully saturated rings. The third-order valence-corrected chi connectivity index (χ3v) is 7.33. The molecule has 2 aromatic heterocycles. The van der Waals surface area contributed by atoms with Crippen molar-refractivity contribution in [3.05, 3.63) is 108 Å². The number of aliphatic imine (C=N–C) groups is 1. The largest absolute Gasteiger partial charge is 0.296 e. The van der Waals surface area contributed by atoms with Crippen molar-refractivity contribution in [2.24, 2.45) is 4.99 Å². The van der Waals surface area contributed by atoms with Crippen LogP contribution in [0.15, 0.2) is 102 Å². The number of aromatic nitrogens is 3. The van der Waals surface area contributed by atoms with Crippen molar-refractivity contribution in [3.63, 3.8) is 0 Å². The third-order valence-electron chi connectivity index (χ3n) is 7.33. The van der Waals surface area contributed by atoms with Crippen LogP contribution in [0.2, 0.25) is 0 Å². The lowest BCUT2D eigenvalue weighted by molar-refractivity contribution is 0.795. The van der Waals surface area contributed by atoms with Gasteiger partial charge in [-0.2, -0.15) is 0 Å². The van der Waals surface area contributed by atoms with Gasteiger partial charge in [-0.05, 0) is 49.2 Å². The maximum absolute atomic E-state index is 5.20. The highest BCUT2D eigenvalue weighted by molar-refractivity contribution is 6.12. The van der Waals surface area contributed by atoms with Crippen LogP contribution in [0.5, 0.6) is 0 Å². The molecule has 0 amide bonds. The first-order valence-electron chi connectivity index (χ1n) is 12.7. The highest BCUT2D eigenvalue weighted by Gasteiger charge is 2.31. The molecule has 0 saturated carbocycles. The van der Waals surface area contributed by atoms with Crippen LogP contribution >= 0.6 is 0 Å². The monoisotopic (exact) mass is 466 g/mol. The van der Waals surface area contributed by atoms with E-state index in [1.807, 2.05) is 6.07 Å². The maximum atomic E-state index is 5.20. The summed E-state index contributed by atoms with van der Waals surface area (Å²) in [5, 5.41) is 1.13. The molecule has 0 radical (unpaired) electrons. The Morgan fingerprint density at radius 3 is 2.53 bits per heavy atom. The fourth-order valence-electron chi connectivity index (χ4n) is 5.64. The van der Waals surface area contributed by atoms with Crippen molar-refractivity contribution in [1.82, 2.24) is 14.5 Å². The minimum absolute atomic E-state index is 0.261. The SMILES string of the molecule is CCc1nc2ccccc2n1-c1ccc(-c2nc3ccccc3c3c2C2CC/C=C\C=C/C2=N3)cc1. The van der Waals surface area contributed by atoms with Gasteiger partial charge in [0.05, 0.1) is 27.9 Å². The molecule has 174 valence electrons. The zero-order valence-corrected chi connectivity index (χ0v) is 20.2. The summed E-state index contributed by atoms with van der Waals surface area (Å²) in [4.78, 5) is 15.2. The molecule has 7 rings (SSSR count). The Bertz CT molecular complexity index is 1720. The van der Waals surface area contributed by atoms with E-state index < -0.39 is 0 Å². The molecular formula is C32H26N4. The van der Waals surface area contributed by atoms with Crippen molar-refractivity contribution < 1.29 is 0 Å². The smallest absolute Gasteiger partial charge is 0.114 e. The summed E-state index contributed by atoms with van der Waals surface area (Å²) in [5.41, 5.74) is 9.94. The predicted octanol–water partition coefficient (Wildman–Crippen LogP) is 7.88. The van der Waals surface area contributed by atoms with Crippen LogP contribution in [0.4, 0.5) is 5.69 Å². The molecule has 2 aliphatic rings. The number of rotatable bonds is 3. The second-order valence-electron chi connectivity index (χ2n) is 9.45. The van der Waals surface area contributed by atoms with Gasteiger partial charge in [0.1, 0.15) is 5.82 Å². The number of benzene rings is 3. The number of para-hydroxylation sites is 3. The first-order chi connectivity index (χ1) is 17.8. The van der Waals surface area contributed by atoms with Gasteiger partial charge in [0.2, 0.25) is 0 Å². The summed E-state index contributed by atoms with van der Waals surface area (Å²) in [6.07, 6.45) is 11.6. The van der Waals surface area contributed by atoms with Crippen LogP contribution < -0.4 is 0 Å². The Hall–Kier alpha value is -4.31. The Balaban J connectivity index is 1.39. The molecule has 0 N–H and O–H groups in total. The van der Waals surface area contributed by atoms with E-state index in [1.54, 1.807) is 0 Å². The van der Waals surface area contributed by atoms with E-state index in [4.69, 9.17) is 15.0 Å². The van der Waals surface area contributed by atoms with Gasteiger partial charge in [0.25, 0.3) is 0 Å². The second kappa shape index (κ2) is 8.42. The van der Waals surface area contributed by atoms with Crippen molar-refractivity contribution in [2.75, 3.05) is 0 Å². The van der Waals surface area contributed by atoms with E-state index >= 15 is 0 Å². The summed E-state index contributed by atoms with van der Waals surface area (Å²) in [7, 11) is 0. The molecule has 1 aliphatic carbocycles. The van der Waals surface area contributed by atoms with Gasteiger partial charge in [-0.3, -0.25) is 9.56 Å². The lowest BCUT2D eigenvalue weighted by Gasteiger charge is -2.18. The van der Waals surface area contributed by atoms with E-state index in [9.17, 15) is 0 Å². The first-order valence-corrected chi connectivity index (χ1v) is 12.7. The summed E-state index contributed by atoms with van der Waals surface area (Å²) in [6.45, 7) is 2.16. The Morgan fingerprint density at radius 1 is 0.861 bits per heavy atom. The average molecular weight is 467 g/mol. The fourth-order valence-corrected chi connectivity index (χ4v) is 5.64. The molecule has 0 spiro atoms. The highest BCUT2D eigenvalue weighted by Crippen LogP contribution is 2.47. The highest BCUT2D eigenvalue weighted by atomic mass is 15.1. The molecule has 4 nitrogen and oxygen atoms in total. The van der Waals surface area contributed by atoms with Crippen molar-refractivity contribution >= 4 is 33.3 Å². The van der Waals surface area contributed by atoms with E-state index in [-0.39, 0.29) is 5.92 Å². The number of nitrogens with zero attached hydrogens (tertiary/aromatic N) is 4. The minimum atomic E-state index is 0.261. The summed E-state index contributed by atoms with van der Waals surface area (Å²) >= 11 is 0. The molecule has 1 unspecified atom stereocenters. The zero-order valence-electron chi connectivity index (χ0n) is 20.2. The molecular weight excluding hydrogens is 440 g/mol. The number of hydrogen-bond acceptors (Lipinski definition) is 3. The van der Waals surface area contributed by atoms with E-state index in [2.05, 4.69) is 103 Å². The molecule has 1 aliphatic heterocycles. The number of pyridine rings is 1. The van der Waals surface area contributed by atoms with Crippen molar-refractivity contribution in [1.29, 1.82) is 0 Å². The third kappa shape index (κ3) is 3.25. The number of allylic oxidation sites excluding steroid dienone is 4. The van der Waals surface area contributed by atoms with Gasteiger partial charge in [-0.15, -0.1) is 0 Å². The van der Waals surface area contributed by atoms with Gasteiger partial charge >= 0.3 is 0 Å². The van der Waals surface area contributed by atoms with Crippen LogP contribution in [0.25, 0.3) is 38.9 Å². The number of imidazole rings is 1. The summed E-state index contributed by atoms with van der Waals surface area (Å²) in [5.74, 6) is 1.33. The van der Waals surface area contributed by atoms with Crippen LogP contribution in [-0.2, 0) is 6.42 Å². The Labute approximate surface area is 210 Å². The molecule has 36 heavy (non-hydrogen) atoms. The second-order valence-corrected chi connectivity index (χ2v) is 9.45. The van der Waals surface area contributed by atoms with Crippen LogP contribution in [-0.4, -0.2) is 20.2 Å². The van der Waals surface area contributed by atoms with Crippen molar-refractivity contribution in [2.45, 2.75) is 32.1 Å². The van der Waals surface area contributed by atoms with Crippen molar-refractivity contribution in [3.8, 4) is 16.9 Å². The summed E-state index contributed by atoms with van der Waals surface area (Å²) < 4.78 is 2.27. The first kappa shape index (κ1) is 21.0. The lowest BCUT2D eigenvalue weighted by Crippen LogP contribution is -2.08. The predicted molar refractivity (Wildman–Crippen MR) is 149 cm³/mol. The van der Waals surface area contributed by atoms with Crippen LogP contribution in [0.3, 0.4) is 0 Å². The Morgan fingerprint density at radius 2 is 1.67 bits per heavy atom. The topological polar surface area (TPSA) is 43.1 Å². The average Bonchev–Trinajstić information content (AvgIpc) is 3.46. The number of aryl methyl sites for hydroxylation is 1. The van der Waals surface area contributed by atoms with E-state index in [0.29, 0.717) is 0 Å². The van der Waals surface area contributed by atoms with Crippen LogP contribution in [0.1, 0.15) is 37.1 Å². The van der Waals surface area contributed by atoms with E-state index in [1.165, 1.54) is 5.56 Å². The molecule has 0 saturated heterocycles. The molecule has 5 aromatic rings. The van der Waals surface area contributed by atoms with Gasteiger partial charge in [0, 0.05) is 40.3 Å². The number of fused-ring (bicyclic) bond motifs is 6. The normalized spacial score (nSPS) is 18.4.